The summed E-state index contributed by atoms with van der Waals surface area (Å²) in [5.41, 5.74) is 0. The second-order valence-electron chi connectivity index (χ2n) is 4.73. The van der Waals surface area contributed by atoms with Gasteiger partial charge in [0.25, 0.3) is 0 Å². The predicted molar refractivity (Wildman–Crippen MR) is 74.8 cm³/mol. The van der Waals surface area contributed by atoms with Crippen molar-refractivity contribution in [3.63, 3.8) is 0 Å². The Kier molecular flexibility index (Phi) is 4.37. The van der Waals surface area contributed by atoms with Gasteiger partial charge in [-0.05, 0) is 24.1 Å². The summed E-state index contributed by atoms with van der Waals surface area (Å²) >= 11 is 1.53. The maximum atomic E-state index is 11.8. The number of hydrogen-bond acceptors (Lipinski definition) is 3. The summed E-state index contributed by atoms with van der Waals surface area (Å²) in [5.74, 6) is -0.239. The molecule has 0 bridgehead atoms. The van der Waals surface area contributed by atoms with Crippen molar-refractivity contribution >= 4 is 29.3 Å². The zero-order valence-electron chi connectivity index (χ0n) is 10.8. The summed E-state index contributed by atoms with van der Waals surface area (Å²) in [6, 6.07) is 3.84. The number of carbonyl (C=O) groups is 2. The van der Waals surface area contributed by atoms with E-state index in [-0.39, 0.29) is 5.91 Å². The Balaban J connectivity index is 1.97. The van der Waals surface area contributed by atoms with Gasteiger partial charge in [0.2, 0.25) is 5.91 Å². The third-order valence-electron chi connectivity index (χ3n) is 3.29. The fraction of sp³-hybridized carbons (Fsp3) is 0.429. The number of thiophene rings is 1. The lowest BCUT2D eigenvalue weighted by molar-refractivity contribution is -0.131. The number of carboxylic acids is 1. The van der Waals surface area contributed by atoms with Crippen LogP contribution in [0.25, 0.3) is 6.08 Å². The van der Waals surface area contributed by atoms with E-state index in [2.05, 4.69) is 6.92 Å². The molecule has 1 aliphatic heterocycles. The maximum Gasteiger partial charge on any atom is 0.328 e. The molecule has 19 heavy (non-hydrogen) atoms. The largest absolute Gasteiger partial charge is 0.478 e. The standard InChI is InChI=1S/C14H17NO3S/c1-2-10-7-13(16)15(8-10)9-12-4-3-11(19-12)5-6-14(17)18/h3-6,10H,2,7-9H2,1H3,(H,17,18). The number of carbonyl (C=O) groups excluding carboxylic acids is 1. The molecule has 0 saturated carbocycles. The Morgan fingerprint density at radius 1 is 1.58 bits per heavy atom. The molecule has 0 aliphatic carbocycles. The molecule has 102 valence electrons. The number of carboxylic acid groups (broad SMARTS) is 1. The third kappa shape index (κ3) is 3.67. The Morgan fingerprint density at radius 3 is 3.00 bits per heavy atom. The highest BCUT2D eigenvalue weighted by atomic mass is 32.1. The van der Waals surface area contributed by atoms with E-state index in [9.17, 15) is 9.59 Å². The summed E-state index contributed by atoms with van der Waals surface area (Å²) in [5, 5.41) is 8.57. The highest BCUT2D eigenvalue weighted by Gasteiger charge is 2.28. The van der Waals surface area contributed by atoms with Crippen molar-refractivity contribution in [2.24, 2.45) is 5.92 Å². The van der Waals surface area contributed by atoms with Gasteiger partial charge in [-0.25, -0.2) is 4.79 Å². The zero-order chi connectivity index (χ0) is 13.8. The number of nitrogens with zero attached hydrogens (tertiary/aromatic N) is 1. The van der Waals surface area contributed by atoms with Gasteiger partial charge < -0.3 is 10.0 Å². The average molecular weight is 279 g/mol. The molecule has 1 amide bonds. The van der Waals surface area contributed by atoms with Crippen molar-refractivity contribution in [3.05, 3.63) is 28.0 Å². The highest BCUT2D eigenvalue weighted by molar-refractivity contribution is 7.12. The first-order valence-electron chi connectivity index (χ1n) is 6.36. The van der Waals surface area contributed by atoms with E-state index in [0.717, 1.165) is 28.8 Å². The minimum atomic E-state index is -0.949. The van der Waals surface area contributed by atoms with Crippen molar-refractivity contribution in [2.45, 2.75) is 26.3 Å². The van der Waals surface area contributed by atoms with E-state index in [4.69, 9.17) is 5.11 Å². The molecule has 4 nitrogen and oxygen atoms in total. The Morgan fingerprint density at radius 2 is 2.37 bits per heavy atom. The quantitative estimate of drug-likeness (QED) is 0.843. The Hall–Kier alpha value is -1.62. The fourth-order valence-electron chi connectivity index (χ4n) is 2.19. The summed E-state index contributed by atoms with van der Waals surface area (Å²) in [4.78, 5) is 26.1. The monoisotopic (exact) mass is 279 g/mol. The molecule has 0 radical (unpaired) electrons. The first-order valence-corrected chi connectivity index (χ1v) is 7.17. The lowest BCUT2D eigenvalue weighted by atomic mass is 10.1. The molecule has 1 saturated heterocycles. The lowest BCUT2D eigenvalue weighted by Gasteiger charge is -2.14. The molecule has 2 rings (SSSR count). The molecule has 1 fully saturated rings. The van der Waals surface area contributed by atoms with Crippen molar-refractivity contribution in [3.8, 4) is 0 Å². The summed E-state index contributed by atoms with van der Waals surface area (Å²) in [6.07, 6.45) is 4.41. The van der Waals surface area contributed by atoms with Crippen LogP contribution >= 0.6 is 11.3 Å². The summed E-state index contributed by atoms with van der Waals surface area (Å²) in [7, 11) is 0. The van der Waals surface area contributed by atoms with Crippen LogP contribution in [0.4, 0.5) is 0 Å². The second-order valence-corrected chi connectivity index (χ2v) is 5.93. The molecule has 0 aromatic carbocycles. The van der Waals surface area contributed by atoms with Crippen LogP contribution in [0.5, 0.6) is 0 Å². The van der Waals surface area contributed by atoms with Crippen LogP contribution in [0.3, 0.4) is 0 Å². The van der Waals surface area contributed by atoms with Gasteiger partial charge in [0.1, 0.15) is 0 Å². The normalized spacial score (nSPS) is 19.5. The minimum Gasteiger partial charge on any atom is -0.478 e. The zero-order valence-corrected chi connectivity index (χ0v) is 11.7. The van der Waals surface area contributed by atoms with Gasteiger partial charge in [0.05, 0.1) is 6.54 Å². The fourth-order valence-corrected chi connectivity index (χ4v) is 3.12. The van der Waals surface area contributed by atoms with E-state index in [1.807, 2.05) is 17.0 Å². The Bertz CT molecular complexity index is 507. The van der Waals surface area contributed by atoms with Crippen LogP contribution in [0, 0.1) is 5.92 Å². The SMILES string of the molecule is CCC1CC(=O)N(Cc2ccc(C=CC(=O)O)s2)C1. The van der Waals surface area contributed by atoms with Crippen LogP contribution in [0.1, 0.15) is 29.5 Å². The van der Waals surface area contributed by atoms with Gasteiger partial charge in [0.15, 0.2) is 0 Å². The van der Waals surface area contributed by atoms with Gasteiger partial charge >= 0.3 is 5.97 Å². The number of rotatable bonds is 5. The van der Waals surface area contributed by atoms with Crippen LogP contribution in [-0.2, 0) is 16.1 Å². The van der Waals surface area contributed by atoms with E-state index in [1.54, 1.807) is 6.08 Å². The molecule has 0 spiro atoms. The molecule has 1 aromatic heterocycles. The van der Waals surface area contributed by atoms with E-state index < -0.39 is 5.97 Å². The van der Waals surface area contributed by atoms with E-state index in [0.29, 0.717) is 18.9 Å². The number of amides is 1. The summed E-state index contributed by atoms with van der Waals surface area (Å²) < 4.78 is 0. The van der Waals surface area contributed by atoms with Gasteiger partial charge in [0, 0.05) is 28.8 Å². The van der Waals surface area contributed by atoms with Gasteiger partial charge in [-0.3, -0.25) is 4.79 Å². The minimum absolute atomic E-state index is 0.225. The molecule has 1 N–H and O–H groups in total. The topological polar surface area (TPSA) is 57.6 Å². The molecule has 2 heterocycles. The molecule has 1 unspecified atom stereocenters. The average Bonchev–Trinajstić information content (AvgIpc) is 2.95. The van der Waals surface area contributed by atoms with Crippen LogP contribution in [0.15, 0.2) is 18.2 Å². The molecule has 1 aliphatic rings. The molecular weight excluding hydrogens is 262 g/mol. The second kappa shape index (κ2) is 6.02. The number of likely N-dealkylation sites (tertiary alicyclic amines) is 1. The van der Waals surface area contributed by atoms with Gasteiger partial charge in [-0.1, -0.05) is 13.3 Å². The van der Waals surface area contributed by atoms with Gasteiger partial charge in [-0.2, -0.15) is 0 Å². The Labute approximate surface area is 116 Å². The van der Waals surface area contributed by atoms with Crippen LogP contribution in [-0.4, -0.2) is 28.4 Å². The smallest absolute Gasteiger partial charge is 0.328 e. The maximum absolute atomic E-state index is 11.8. The molecule has 1 aromatic rings. The molecule has 1 atom stereocenters. The highest BCUT2D eigenvalue weighted by Crippen LogP contribution is 2.25. The summed E-state index contributed by atoms with van der Waals surface area (Å²) in [6.45, 7) is 3.59. The van der Waals surface area contributed by atoms with Gasteiger partial charge in [-0.15, -0.1) is 11.3 Å². The van der Waals surface area contributed by atoms with E-state index in [1.165, 1.54) is 11.3 Å². The van der Waals surface area contributed by atoms with Crippen LogP contribution < -0.4 is 0 Å². The predicted octanol–water partition coefficient (Wildman–Crippen LogP) is 2.60. The molecular formula is C14H17NO3S. The van der Waals surface area contributed by atoms with Crippen LogP contribution in [0.2, 0.25) is 0 Å². The first kappa shape index (κ1) is 13.8. The van der Waals surface area contributed by atoms with Crippen molar-refractivity contribution in [1.29, 1.82) is 0 Å². The lowest BCUT2D eigenvalue weighted by Crippen LogP contribution is -2.23. The van der Waals surface area contributed by atoms with E-state index >= 15 is 0 Å². The number of hydrogen-bond donors (Lipinski definition) is 1. The molecule has 5 heteroatoms. The van der Waals surface area contributed by atoms with Crippen molar-refractivity contribution in [1.82, 2.24) is 4.90 Å². The third-order valence-corrected chi connectivity index (χ3v) is 4.33. The number of aliphatic carboxylic acids is 1. The first-order chi connectivity index (χ1) is 9.08. The van der Waals surface area contributed by atoms with Crippen molar-refractivity contribution in [2.75, 3.05) is 6.54 Å². The van der Waals surface area contributed by atoms with Crippen molar-refractivity contribution < 1.29 is 14.7 Å².